The Hall–Kier alpha value is -6.78. The van der Waals surface area contributed by atoms with Crippen molar-refractivity contribution in [1.82, 2.24) is 19.9 Å². The molecule has 0 aliphatic heterocycles. The first-order chi connectivity index (χ1) is 24.8. The third-order valence-corrected chi connectivity index (χ3v) is 9.68. The van der Waals surface area contributed by atoms with Gasteiger partial charge in [0.2, 0.25) is 0 Å². The Morgan fingerprint density at radius 1 is 0.320 bits per heavy atom. The number of hydrogen-bond donors (Lipinski definition) is 0. The Morgan fingerprint density at radius 2 is 0.880 bits per heavy atom. The molecule has 0 fully saturated rings. The maximum atomic E-state index is 5.41. The van der Waals surface area contributed by atoms with Gasteiger partial charge >= 0.3 is 0 Å². The first-order valence-electron chi connectivity index (χ1n) is 16.8. The van der Waals surface area contributed by atoms with Crippen molar-refractivity contribution in [3.8, 4) is 45.0 Å². The molecular formula is C46H28N4. The summed E-state index contributed by atoms with van der Waals surface area (Å²) in [5.41, 5.74) is 10.9. The fourth-order valence-corrected chi connectivity index (χ4v) is 7.33. The summed E-state index contributed by atoms with van der Waals surface area (Å²) in [4.78, 5) is 20.0. The van der Waals surface area contributed by atoms with Crippen LogP contribution in [-0.2, 0) is 0 Å². The zero-order valence-electron chi connectivity index (χ0n) is 27.0. The van der Waals surface area contributed by atoms with Crippen molar-refractivity contribution in [1.29, 1.82) is 0 Å². The quantitative estimate of drug-likeness (QED) is 0.142. The third-order valence-electron chi connectivity index (χ3n) is 9.68. The van der Waals surface area contributed by atoms with Gasteiger partial charge in [0.15, 0.2) is 0 Å². The highest BCUT2D eigenvalue weighted by Gasteiger charge is 2.18. The molecule has 4 heterocycles. The SMILES string of the molecule is c1ccc(-c2ccc3ccc4ccc(-c5c6ccccc6c(-c6ccc7nc(-c8ccccn8)ccc7c6)c6ccccc56)nc4c3n2)cc1. The zero-order chi connectivity index (χ0) is 33.0. The Balaban J connectivity index is 1.18. The van der Waals surface area contributed by atoms with Crippen LogP contribution in [0, 0.1) is 0 Å². The number of aromatic nitrogens is 4. The fourth-order valence-electron chi connectivity index (χ4n) is 7.33. The van der Waals surface area contributed by atoms with Crippen molar-refractivity contribution < 1.29 is 0 Å². The molecule has 0 amide bonds. The Bertz CT molecular complexity index is 2860. The van der Waals surface area contributed by atoms with E-state index in [4.69, 9.17) is 15.0 Å². The van der Waals surface area contributed by atoms with Crippen LogP contribution in [0.25, 0.3) is 99.3 Å². The van der Waals surface area contributed by atoms with Gasteiger partial charge in [0.25, 0.3) is 0 Å². The highest BCUT2D eigenvalue weighted by Crippen LogP contribution is 2.44. The molecule has 0 saturated heterocycles. The zero-order valence-corrected chi connectivity index (χ0v) is 27.0. The Kier molecular flexibility index (Phi) is 6.46. The van der Waals surface area contributed by atoms with Crippen LogP contribution in [0.1, 0.15) is 0 Å². The van der Waals surface area contributed by atoms with E-state index in [-0.39, 0.29) is 0 Å². The Morgan fingerprint density at radius 3 is 1.56 bits per heavy atom. The topological polar surface area (TPSA) is 51.6 Å². The summed E-state index contributed by atoms with van der Waals surface area (Å²) in [6.45, 7) is 0. The summed E-state index contributed by atoms with van der Waals surface area (Å²) in [5.74, 6) is 0. The molecule has 10 rings (SSSR count). The van der Waals surface area contributed by atoms with Crippen molar-refractivity contribution in [2.45, 2.75) is 0 Å². The third kappa shape index (κ3) is 4.61. The molecule has 4 heteroatoms. The van der Waals surface area contributed by atoms with Crippen LogP contribution in [0.4, 0.5) is 0 Å². The molecule has 0 spiro atoms. The molecule has 50 heavy (non-hydrogen) atoms. The molecule has 232 valence electrons. The van der Waals surface area contributed by atoms with E-state index in [0.29, 0.717) is 0 Å². The minimum Gasteiger partial charge on any atom is -0.255 e. The summed E-state index contributed by atoms with van der Waals surface area (Å²) < 4.78 is 0. The minimum atomic E-state index is 0.869. The lowest BCUT2D eigenvalue weighted by Gasteiger charge is -2.18. The summed E-state index contributed by atoms with van der Waals surface area (Å²) in [6.07, 6.45) is 1.80. The summed E-state index contributed by atoms with van der Waals surface area (Å²) in [7, 11) is 0. The summed E-state index contributed by atoms with van der Waals surface area (Å²) >= 11 is 0. The van der Waals surface area contributed by atoms with Gasteiger partial charge in [-0.2, -0.15) is 0 Å². The van der Waals surface area contributed by atoms with E-state index in [1.54, 1.807) is 6.20 Å². The molecule has 0 saturated carbocycles. The van der Waals surface area contributed by atoms with Crippen molar-refractivity contribution in [3.63, 3.8) is 0 Å². The van der Waals surface area contributed by atoms with Gasteiger partial charge in [0.05, 0.1) is 39.3 Å². The molecule has 10 aromatic rings. The molecule has 0 aliphatic carbocycles. The van der Waals surface area contributed by atoms with E-state index in [9.17, 15) is 0 Å². The number of hydrogen-bond acceptors (Lipinski definition) is 4. The van der Waals surface area contributed by atoms with E-state index in [0.717, 1.165) is 82.9 Å². The second-order valence-electron chi connectivity index (χ2n) is 12.6. The van der Waals surface area contributed by atoms with Crippen LogP contribution in [0.15, 0.2) is 170 Å². The number of rotatable bonds is 4. The predicted octanol–water partition coefficient (Wildman–Crippen LogP) is 11.7. The van der Waals surface area contributed by atoms with Crippen molar-refractivity contribution in [3.05, 3.63) is 170 Å². The van der Waals surface area contributed by atoms with Crippen LogP contribution in [0.2, 0.25) is 0 Å². The van der Waals surface area contributed by atoms with Crippen LogP contribution in [0.3, 0.4) is 0 Å². The molecule has 0 atom stereocenters. The first kappa shape index (κ1) is 28.3. The van der Waals surface area contributed by atoms with Gasteiger partial charge in [-0.15, -0.1) is 0 Å². The van der Waals surface area contributed by atoms with Crippen molar-refractivity contribution in [2.24, 2.45) is 0 Å². The standard InChI is InChI=1S/C46H28N4/c1-2-10-29(11-3-1)38-23-19-30-17-18-31-20-26-42(50-46(31)45(30)49-38)44-36-14-6-4-12-34(36)43(35-13-5-7-15-37(35)44)33-22-24-39-32(28-33)21-25-41(48-39)40-16-8-9-27-47-40/h1-28H. The highest BCUT2D eigenvalue weighted by atomic mass is 14.8. The van der Waals surface area contributed by atoms with Gasteiger partial charge in [-0.05, 0) is 75.1 Å². The number of fused-ring (bicyclic) bond motifs is 6. The van der Waals surface area contributed by atoms with Crippen molar-refractivity contribution in [2.75, 3.05) is 0 Å². The van der Waals surface area contributed by atoms with Gasteiger partial charge < -0.3 is 0 Å². The highest BCUT2D eigenvalue weighted by molar-refractivity contribution is 6.21. The van der Waals surface area contributed by atoms with Crippen LogP contribution in [0.5, 0.6) is 0 Å². The molecular weight excluding hydrogens is 609 g/mol. The smallest absolute Gasteiger partial charge is 0.0972 e. The average molecular weight is 637 g/mol. The van der Waals surface area contributed by atoms with Crippen LogP contribution < -0.4 is 0 Å². The predicted molar refractivity (Wildman–Crippen MR) is 207 cm³/mol. The van der Waals surface area contributed by atoms with E-state index < -0.39 is 0 Å². The van der Waals surface area contributed by atoms with Gasteiger partial charge in [0.1, 0.15) is 0 Å². The van der Waals surface area contributed by atoms with Gasteiger partial charge in [0, 0.05) is 33.5 Å². The van der Waals surface area contributed by atoms with Gasteiger partial charge in [-0.25, -0.2) is 15.0 Å². The summed E-state index contributed by atoms with van der Waals surface area (Å²) in [5, 5.41) is 7.92. The fraction of sp³-hybridized carbons (Fsp3) is 0. The molecule has 4 nitrogen and oxygen atoms in total. The monoisotopic (exact) mass is 636 g/mol. The number of nitrogens with zero attached hydrogens (tertiary/aromatic N) is 4. The van der Waals surface area contributed by atoms with E-state index in [1.807, 2.05) is 24.3 Å². The van der Waals surface area contributed by atoms with E-state index in [2.05, 4.69) is 145 Å². The average Bonchev–Trinajstić information content (AvgIpc) is 3.19. The van der Waals surface area contributed by atoms with Crippen molar-refractivity contribution >= 4 is 54.3 Å². The van der Waals surface area contributed by atoms with Crippen LogP contribution in [-0.4, -0.2) is 19.9 Å². The number of benzene rings is 6. The second kappa shape index (κ2) is 11.4. The molecule has 0 aliphatic rings. The molecule has 4 aromatic heterocycles. The van der Waals surface area contributed by atoms with E-state index >= 15 is 0 Å². The molecule has 0 bridgehead atoms. The maximum absolute atomic E-state index is 5.41. The lowest BCUT2D eigenvalue weighted by atomic mass is 9.87. The lowest BCUT2D eigenvalue weighted by Crippen LogP contribution is -1.94. The van der Waals surface area contributed by atoms with E-state index in [1.165, 1.54) is 16.3 Å². The molecule has 0 radical (unpaired) electrons. The number of pyridine rings is 4. The second-order valence-corrected chi connectivity index (χ2v) is 12.6. The first-order valence-corrected chi connectivity index (χ1v) is 16.8. The van der Waals surface area contributed by atoms with Gasteiger partial charge in [-0.3, -0.25) is 4.98 Å². The molecule has 0 N–H and O–H groups in total. The largest absolute Gasteiger partial charge is 0.255 e. The summed E-state index contributed by atoms with van der Waals surface area (Å²) in [6, 6.07) is 57.3. The maximum Gasteiger partial charge on any atom is 0.0972 e. The molecule has 0 unspecified atom stereocenters. The molecule has 6 aromatic carbocycles. The minimum absolute atomic E-state index is 0.869. The normalized spacial score (nSPS) is 11.6. The Labute approximate surface area is 288 Å². The van der Waals surface area contributed by atoms with Crippen LogP contribution >= 0.6 is 0 Å². The van der Waals surface area contributed by atoms with Gasteiger partial charge in [-0.1, -0.05) is 121 Å². The lowest BCUT2D eigenvalue weighted by molar-refractivity contribution is 1.28.